The molecule has 1 aliphatic carbocycles. The zero-order chi connectivity index (χ0) is 50.5. The SMILES string of the molecule is CCCOC(=O)CNC(=O)C(=O)C(CCC)NC(=O)C1CC(c2ccccc2)CN1C(=O)C(NC(=O)C(NC(=O)C(CCC(=O)O)NC(=O)C(CCC(=O)O)NC(C)=O)C(C)C)C1CCCCC1. The molecule has 0 bridgehead atoms. The smallest absolute Gasteiger partial charge is 0.325 e. The molecule has 1 aliphatic heterocycles. The summed E-state index contributed by atoms with van der Waals surface area (Å²) in [6.07, 6.45) is 2.81. The summed E-state index contributed by atoms with van der Waals surface area (Å²) in [5, 5.41) is 33.8. The second kappa shape index (κ2) is 28.0. The molecular weight excluding hydrogens is 887 g/mol. The summed E-state index contributed by atoms with van der Waals surface area (Å²) >= 11 is 0. The first kappa shape index (κ1) is 55.9. The molecular formula is C47H69N7O14. The lowest BCUT2D eigenvalue weighted by molar-refractivity contribution is -0.146. The molecule has 1 saturated carbocycles. The van der Waals surface area contributed by atoms with Crippen molar-refractivity contribution in [3.05, 3.63) is 35.9 Å². The van der Waals surface area contributed by atoms with Gasteiger partial charge in [0.2, 0.25) is 41.2 Å². The van der Waals surface area contributed by atoms with Gasteiger partial charge in [0.25, 0.3) is 5.91 Å². The number of hydrogen-bond acceptors (Lipinski definition) is 12. The van der Waals surface area contributed by atoms with E-state index in [1.807, 2.05) is 30.3 Å². The first-order valence-corrected chi connectivity index (χ1v) is 23.5. The predicted molar refractivity (Wildman–Crippen MR) is 244 cm³/mol. The average molecular weight is 956 g/mol. The van der Waals surface area contributed by atoms with E-state index in [0.717, 1.165) is 31.7 Å². The highest BCUT2D eigenvalue weighted by Crippen LogP contribution is 2.35. The Bertz CT molecular complexity index is 1960. The summed E-state index contributed by atoms with van der Waals surface area (Å²) in [5.74, 6) is -11.3. The van der Waals surface area contributed by atoms with Gasteiger partial charge in [-0.3, -0.25) is 52.7 Å². The molecule has 21 nitrogen and oxygen atoms in total. The molecule has 7 atom stereocenters. The van der Waals surface area contributed by atoms with E-state index in [0.29, 0.717) is 25.7 Å². The highest BCUT2D eigenvalue weighted by atomic mass is 16.5. The van der Waals surface area contributed by atoms with Crippen LogP contribution in [0.4, 0.5) is 0 Å². The van der Waals surface area contributed by atoms with Crippen LogP contribution in [0.2, 0.25) is 0 Å². The van der Waals surface area contributed by atoms with Crippen LogP contribution in [0.5, 0.6) is 0 Å². The van der Waals surface area contributed by atoms with Crippen molar-refractivity contribution in [1.82, 2.24) is 36.8 Å². The van der Waals surface area contributed by atoms with Crippen LogP contribution in [0.3, 0.4) is 0 Å². The Hall–Kier alpha value is -6.41. The number of Topliss-reactive ketones (excluding diaryl/α,β-unsaturated/α-hetero) is 1. The van der Waals surface area contributed by atoms with E-state index in [4.69, 9.17) is 4.74 Å². The van der Waals surface area contributed by atoms with Gasteiger partial charge in [-0.25, -0.2) is 0 Å². The molecule has 1 heterocycles. The number of amides is 7. The van der Waals surface area contributed by atoms with E-state index in [9.17, 15) is 58.2 Å². The zero-order valence-corrected chi connectivity index (χ0v) is 39.6. The van der Waals surface area contributed by atoms with Crippen molar-refractivity contribution in [3.8, 4) is 0 Å². The molecule has 1 saturated heterocycles. The third-order valence-electron chi connectivity index (χ3n) is 12.0. The molecule has 3 rings (SSSR count). The monoisotopic (exact) mass is 955 g/mol. The maximum atomic E-state index is 15.1. The van der Waals surface area contributed by atoms with E-state index < -0.39 is 133 Å². The number of carbonyl (C=O) groups excluding carboxylic acids is 9. The quantitative estimate of drug-likeness (QED) is 0.0455. The Morgan fingerprint density at radius 1 is 0.721 bits per heavy atom. The van der Waals surface area contributed by atoms with Crippen molar-refractivity contribution in [2.24, 2.45) is 11.8 Å². The number of nitrogens with one attached hydrogen (secondary N) is 6. The molecule has 0 radical (unpaired) electrons. The van der Waals surface area contributed by atoms with Crippen LogP contribution in [0.25, 0.3) is 0 Å². The maximum Gasteiger partial charge on any atom is 0.325 e. The van der Waals surface area contributed by atoms with Gasteiger partial charge < -0.3 is 51.8 Å². The number of benzene rings is 1. The van der Waals surface area contributed by atoms with Crippen LogP contribution in [-0.4, -0.2) is 136 Å². The first-order valence-electron chi connectivity index (χ1n) is 23.5. The molecule has 21 heteroatoms. The standard InChI is InChI=1S/C47H69N7O14/c1-6-14-32(41(61)46(66)48-25-38(60)68-23-7-2)50-44(64)35-24-31(29-15-10-8-11-16-29)26-54(35)47(67)40(30-17-12-9-13-18-30)53-45(65)39(27(3)4)52-43(63)34(20-22-37(58)59)51-42(62)33(49-28(5)55)19-21-36(56)57/h8,10-11,15-16,27,30-35,39-40H,6-7,9,12-14,17-26H2,1-5H3,(H,48,66)(H,49,55)(H,50,64)(H,51,62)(H,52,63)(H,53,65)(H,56,57)(H,58,59). The third kappa shape index (κ3) is 17.7. The topological polar surface area (TPSA) is 313 Å². The summed E-state index contributed by atoms with van der Waals surface area (Å²) in [5.41, 5.74) is 0.840. The summed E-state index contributed by atoms with van der Waals surface area (Å²) in [6.45, 7) is 7.58. The molecule has 2 fully saturated rings. The van der Waals surface area contributed by atoms with Crippen molar-refractivity contribution in [3.63, 3.8) is 0 Å². The molecule has 8 N–H and O–H groups in total. The average Bonchev–Trinajstić information content (AvgIpc) is 3.76. The van der Waals surface area contributed by atoms with E-state index >= 15 is 4.79 Å². The summed E-state index contributed by atoms with van der Waals surface area (Å²) in [4.78, 5) is 145. The predicted octanol–water partition coefficient (Wildman–Crippen LogP) is 1.22. The lowest BCUT2D eigenvalue weighted by atomic mass is 9.83. The van der Waals surface area contributed by atoms with Gasteiger partial charge >= 0.3 is 17.9 Å². The Morgan fingerprint density at radius 3 is 1.88 bits per heavy atom. The van der Waals surface area contributed by atoms with Crippen LogP contribution in [0.1, 0.15) is 130 Å². The Kier molecular flexibility index (Phi) is 23.1. The first-order chi connectivity index (χ1) is 32.3. The van der Waals surface area contributed by atoms with E-state index in [-0.39, 0.29) is 44.2 Å². The van der Waals surface area contributed by atoms with E-state index in [1.54, 1.807) is 27.7 Å². The third-order valence-corrected chi connectivity index (χ3v) is 12.0. The minimum absolute atomic E-state index is 0.0635. The molecule has 1 aromatic carbocycles. The fraction of sp³-hybridized carbons (Fsp3) is 0.638. The molecule has 68 heavy (non-hydrogen) atoms. The largest absolute Gasteiger partial charge is 0.481 e. The van der Waals surface area contributed by atoms with Crippen molar-refractivity contribution >= 4 is 65.0 Å². The van der Waals surface area contributed by atoms with Crippen LogP contribution in [0.15, 0.2) is 30.3 Å². The number of carboxylic acids is 2. The highest BCUT2D eigenvalue weighted by molar-refractivity contribution is 6.38. The maximum absolute atomic E-state index is 15.1. The number of carbonyl (C=O) groups is 11. The summed E-state index contributed by atoms with van der Waals surface area (Å²) in [7, 11) is 0. The fourth-order valence-corrected chi connectivity index (χ4v) is 8.44. The number of hydrogen-bond donors (Lipinski definition) is 8. The zero-order valence-electron chi connectivity index (χ0n) is 39.6. The van der Waals surface area contributed by atoms with Crippen LogP contribution < -0.4 is 31.9 Å². The van der Waals surface area contributed by atoms with Crippen LogP contribution >= 0.6 is 0 Å². The summed E-state index contributed by atoms with van der Waals surface area (Å²) in [6, 6.07) is 1.33. The minimum atomic E-state index is -1.54. The van der Waals surface area contributed by atoms with Gasteiger partial charge in [0.15, 0.2) is 0 Å². The highest BCUT2D eigenvalue weighted by Gasteiger charge is 2.46. The Morgan fingerprint density at radius 2 is 1.32 bits per heavy atom. The number of ketones is 1. The molecule has 7 unspecified atom stereocenters. The number of nitrogens with zero attached hydrogens (tertiary/aromatic N) is 1. The van der Waals surface area contributed by atoms with Gasteiger partial charge in [-0.1, -0.05) is 83.7 Å². The molecule has 2 aliphatic rings. The van der Waals surface area contributed by atoms with E-state index in [2.05, 4.69) is 31.9 Å². The fourth-order valence-electron chi connectivity index (χ4n) is 8.44. The lowest BCUT2D eigenvalue weighted by Gasteiger charge is -2.36. The second-order valence-corrected chi connectivity index (χ2v) is 17.8. The van der Waals surface area contributed by atoms with Gasteiger partial charge in [0.1, 0.15) is 36.8 Å². The van der Waals surface area contributed by atoms with Gasteiger partial charge in [0, 0.05) is 32.2 Å². The number of aliphatic carboxylic acids is 2. The van der Waals surface area contributed by atoms with Gasteiger partial charge in [-0.2, -0.15) is 0 Å². The number of ether oxygens (including phenoxy) is 1. The van der Waals surface area contributed by atoms with Gasteiger partial charge in [-0.15, -0.1) is 0 Å². The Labute approximate surface area is 396 Å². The minimum Gasteiger partial charge on any atom is -0.481 e. The van der Waals surface area contributed by atoms with Crippen molar-refractivity contribution < 1.29 is 67.7 Å². The Balaban J connectivity index is 1.94. The number of carboxylic acid groups (broad SMARTS) is 2. The summed E-state index contributed by atoms with van der Waals surface area (Å²) < 4.78 is 4.96. The normalized spacial score (nSPS) is 18.1. The van der Waals surface area contributed by atoms with Crippen molar-refractivity contribution in [2.75, 3.05) is 19.7 Å². The molecule has 0 spiro atoms. The van der Waals surface area contributed by atoms with Gasteiger partial charge in [0.05, 0.1) is 12.6 Å². The second-order valence-electron chi connectivity index (χ2n) is 17.8. The number of likely N-dealkylation sites (tertiary alicyclic amines) is 1. The molecule has 7 amide bonds. The van der Waals surface area contributed by atoms with Crippen LogP contribution in [-0.2, 0) is 57.5 Å². The van der Waals surface area contributed by atoms with Crippen molar-refractivity contribution in [2.45, 2.75) is 160 Å². The number of esters is 1. The molecule has 376 valence electrons. The van der Waals surface area contributed by atoms with Crippen molar-refractivity contribution in [1.29, 1.82) is 0 Å². The van der Waals surface area contributed by atoms with Gasteiger partial charge in [-0.05, 0) is 62.3 Å². The van der Waals surface area contributed by atoms with Crippen LogP contribution in [0, 0.1) is 11.8 Å². The molecule has 1 aromatic rings. The lowest BCUT2D eigenvalue weighted by Crippen LogP contribution is -2.61. The molecule has 0 aromatic heterocycles. The van der Waals surface area contributed by atoms with E-state index in [1.165, 1.54) is 4.90 Å². The number of rotatable bonds is 27.